The summed E-state index contributed by atoms with van der Waals surface area (Å²) in [6.45, 7) is 8.83. The van der Waals surface area contributed by atoms with Crippen molar-refractivity contribution in [3.63, 3.8) is 0 Å². The molecule has 1 aliphatic rings. The fraction of sp³-hybridized carbons (Fsp3) is 0.769. The standard InChI is InChI=1S/C13H23N3/c1-10(2)8-14-9-12-4-5-13(12)16-7-6-11(3)15-16/h6-7,10,12-14H,4-5,8-9H2,1-3H3. The highest BCUT2D eigenvalue weighted by atomic mass is 15.3. The van der Waals surface area contributed by atoms with Crippen molar-refractivity contribution < 1.29 is 0 Å². The summed E-state index contributed by atoms with van der Waals surface area (Å²) in [5, 5.41) is 8.07. The predicted molar refractivity (Wildman–Crippen MR) is 66.4 cm³/mol. The predicted octanol–water partition coefficient (Wildman–Crippen LogP) is 2.39. The molecule has 90 valence electrons. The van der Waals surface area contributed by atoms with E-state index in [0.717, 1.165) is 30.6 Å². The molecule has 0 spiro atoms. The monoisotopic (exact) mass is 221 g/mol. The summed E-state index contributed by atoms with van der Waals surface area (Å²) in [5.41, 5.74) is 1.13. The number of hydrogen-bond donors (Lipinski definition) is 1. The number of nitrogens with zero attached hydrogens (tertiary/aromatic N) is 2. The van der Waals surface area contributed by atoms with Gasteiger partial charge in [0.1, 0.15) is 0 Å². The average Bonchev–Trinajstić information content (AvgIpc) is 2.57. The van der Waals surface area contributed by atoms with Gasteiger partial charge in [-0.3, -0.25) is 4.68 Å². The van der Waals surface area contributed by atoms with E-state index in [0.29, 0.717) is 6.04 Å². The molecule has 0 amide bonds. The summed E-state index contributed by atoms with van der Waals surface area (Å²) >= 11 is 0. The van der Waals surface area contributed by atoms with Crippen LogP contribution in [0.4, 0.5) is 0 Å². The molecule has 0 aromatic carbocycles. The quantitative estimate of drug-likeness (QED) is 0.827. The Morgan fingerprint density at radius 3 is 2.81 bits per heavy atom. The van der Waals surface area contributed by atoms with Gasteiger partial charge in [0.2, 0.25) is 0 Å². The van der Waals surface area contributed by atoms with E-state index in [1.807, 2.05) is 0 Å². The Bertz CT molecular complexity index is 330. The number of rotatable bonds is 5. The summed E-state index contributed by atoms with van der Waals surface area (Å²) in [5.74, 6) is 1.52. The van der Waals surface area contributed by atoms with E-state index in [4.69, 9.17) is 0 Å². The molecule has 2 rings (SSSR count). The summed E-state index contributed by atoms with van der Waals surface area (Å²) in [6.07, 6.45) is 4.75. The first-order chi connectivity index (χ1) is 7.66. The van der Waals surface area contributed by atoms with Crippen molar-refractivity contribution in [1.82, 2.24) is 15.1 Å². The summed E-state index contributed by atoms with van der Waals surface area (Å²) in [6, 6.07) is 2.73. The van der Waals surface area contributed by atoms with Gasteiger partial charge in [0.25, 0.3) is 0 Å². The van der Waals surface area contributed by atoms with Crippen LogP contribution in [-0.4, -0.2) is 22.9 Å². The Balaban J connectivity index is 1.80. The van der Waals surface area contributed by atoms with Gasteiger partial charge in [-0.15, -0.1) is 0 Å². The second-order valence-electron chi connectivity index (χ2n) is 5.39. The molecule has 1 aliphatic carbocycles. The number of hydrogen-bond acceptors (Lipinski definition) is 2. The molecule has 2 unspecified atom stereocenters. The SMILES string of the molecule is Cc1ccn(C2CCC2CNCC(C)C)n1. The second-order valence-corrected chi connectivity index (χ2v) is 5.39. The highest BCUT2D eigenvalue weighted by molar-refractivity contribution is 4.98. The van der Waals surface area contributed by atoms with Gasteiger partial charge in [-0.1, -0.05) is 13.8 Å². The molecule has 1 N–H and O–H groups in total. The normalized spacial score (nSPS) is 24.8. The molecular formula is C13H23N3. The van der Waals surface area contributed by atoms with Crippen LogP contribution < -0.4 is 5.32 Å². The molecule has 0 saturated heterocycles. The van der Waals surface area contributed by atoms with E-state index in [1.54, 1.807) is 0 Å². The molecule has 3 nitrogen and oxygen atoms in total. The molecular weight excluding hydrogens is 198 g/mol. The van der Waals surface area contributed by atoms with Gasteiger partial charge in [0.15, 0.2) is 0 Å². The molecule has 1 aromatic rings. The molecule has 1 heterocycles. The number of aromatic nitrogens is 2. The van der Waals surface area contributed by atoms with E-state index >= 15 is 0 Å². The third kappa shape index (κ3) is 2.64. The first-order valence-corrected chi connectivity index (χ1v) is 6.39. The molecule has 2 atom stereocenters. The van der Waals surface area contributed by atoms with Crippen LogP contribution in [0.3, 0.4) is 0 Å². The Labute approximate surface area is 98.2 Å². The zero-order valence-electron chi connectivity index (χ0n) is 10.6. The maximum Gasteiger partial charge on any atom is 0.0593 e. The average molecular weight is 221 g/mol. The Morgan fingerprint density at radius 2 is 2.31 bits per heavy atom. The lowest BCUT2D eigenvalue weighted by Crippen LogP contribution is -2.38. The van der Waals surface area contributed by atoms with Gasteiger partial charge in [-0.2, -0.15) is 5.10 Å². The van der Waals surface area contributed by atoms with Crippen LogP contribution in [0.25, 0.3) is 0 Å². The van der Waals surface area contributed by atoms with Crippen molar-refractivity contribution in [3.8, 4) is 0 Å². The Morgan fingerprint density at radius 1 is 1.50 bits per heavy atom. The molecule has 1 saturated carbocycles. The van der Waals surface area contributed by atoms with Crippen molar-refractivity contribution in [2.24, 2.45) is 11.8 Å². The summed E-state index contributed by atoms with van der Waals surface area (Å²) in [4.78, 5) is 0. The van der Waals surface area contributed by atoms with Crippen molar-refractivity contribution >= 4 is 0 Å². The minimum Gasteiger partial charge on any atom is -0.316 e. The van der Waals surface area contributed by atoms with Crippen molar-refractivity contribution in [1.29, 1.82) is 0 Å². The van der Waals surface area contributed by atoms with Gasteiger partial charge < -0.3 is 5.32 Å². The van der Waals surface area contributed by atoms with Crippen LogP contribution in [0.1, 0.15) is 38.4 Å². The van der Waals surface area contributed by atoms with Crippen LogP contribution in [0, 0.1) is 18.8 Å². The molecule has 3 heteroatoms. The van der Waals surface area contributed by atoms with Crippen LogP contribution in [0.15, 0.2) is 12.3 Å². The summed E-state index contributed by atoms with van der Waals surface area (Å²) < 4.78 is 2.15. The first kappa shape index (κ1) is 11.6. The lowest BCUT2D eigenvalue weighted by molar-refractivity contribution is 0.161. The molecule has 1 aromatic heterocycles. The number of nitrogens with one attached hydrogen (secondary N) is 1. The number of aryl methyl sites for hydroxylation is 1. The third-order valence-corrected chi connectivity index (χ3v) is 3.42. The summed E-state index contributed by atoms with van der Waals surface area (Å²) in [7, 11) is 0. The minimum absolute atomic E-state index is 0.633. The van der Waals surface area contributed by atoms with E-state index in [-0.39, 0.29) is 0 Å². The van der Waals surface area contributed by atoms with Crippen molar-refractivity contribution in [3.05, 3.63) is 18.0 Å². The van der Waals surface area contributed by atoms with Crippen molar-refractivity contribution in [2.75, 3.05) is 13.1 Å². The van der Waals surface area contributed by atoms with Gasteiger partial charge in [0.05, 0.1) is 11.7 Å². The van der Waals surface area contributed by atoms with E-state index < -0.39 is 0 Å². The van der Waals surface area contributed by atoms with Crippen LogP contribution in [-0.2, 0) is 0 Å². The Kier molecular flexibility index (Phi) is 3.64. The maximum absolute atomic E-state index is 4.52. The lowest BCUT2D eigenvalue weighted by Gasteiger charge is -2.37. The van der Waals surface area contributed by atoms with E-state index in [1.165, 1.54) is 12.8 Å². The lowest BCUT2D eigenvalue weighted by atomic mass is 9.79. The highest BCUT2D eigenvalue weighted by Crippen LogP contribution is 2.37. The van der Waals surface area contributed by atoms with Crippen LogP contribution in [0.5, 0.6) is 0 Å². The van der Waals surface area contributed by atoms with Gasteiger partial charge in [0, 0.05) is 12.7 Å². The largest absolute Gasteiger partial charge is 0.316 e. The second kappa shape index (κ2) is 5.00. The fourth-order valence-corrected chi connectivity index (χ4v) is 2.31. The van der Waals surface area contributed by atoms with E-state index in [2.05, 4.69) is 48.1 Å². The van der Waals surface area contributed by atoms with Crippen molar-refractivity contribution in [2.45, 2.75) is 39.7 Å². The topological polar surface area (TPSA) is 29.9 Å². The minimum atomic E-state index is 0.633. The first-order valence-electron chi connectivity index (χ1n) is 6.39. The molecule has 16 heavy (non-hydrogen) atoms. The smallest absolute Gasteiger partial charge is 0.0593 e. The fourth-order valence-electron chi connectivity index (χ4n) is 2.31. The van der Waals surface area contributed by atoms with E-state index in [9.17, 15) is 0 Å². The van der Waals surface area contributed by atoms with Gasteiger partial charge >= 0.3 is 0 Å². The highest BCUT2D eigenvalue weighted by Gasteiger charge is 2.32. The molecule has 0 aliphatic heterocycles. The molecule has 0 bridgehead atoms. The van der Waals surface area contributed by atoms with Gasteiger partial charge in [-0.05, 0) is 44.2 Å². The van der Waals surface area contributed by atoms with Crippen LogP contribution >= 0.6 is 0 Å². The van der Waals surface area contributed by atoms with Gasteiger partial charge in [-0.25, -0.2) is 0 Å². The molecule has 0 radical (unpaired) electrons. The zero-order chi connectivity index (χ0) is 11.5. The Hall–Kier alpha value is -0.830. The maximum atomic E-state index is 4.52. The molecule has 1 fully saturated rings. The zero-order valence-corrected chi connectivity index (χ0v) is 10.6. The van der Waals surface area contributed by atoms with Crippen LogP contribution in [0.2, 0.25) is 0 Å². The third-order valence-electron chi connectivity index (χ3n) is 3.42.